The smallest absolute Gasteiger partial charge is 0.264 e. The van der Waals surface area contributed by atoms with Gasteiger partial charge in [-0.2, -0.15) is 26.3 Å². The molecule has 0 aliphatic carbocycles. The normalized spacial score (nSPS) is 12.7. The molecular formula is C11H7F6N3S. The van der Waals surface area contributed by atoms with Crippen molar-refractivity contribution in [2.75, 3.05) is 0 Å². The van der Waals surface area contributed by atoms with Gasteiger partial charge in [-0.3, -0.25) is 4.57 Å². The Morgan fingerprint density at radius 1 is 1.05 bits per heavy atom. The highest BCUT2D eigenvalue weighted by Gasteiger charge is 2.39. The standard InChI is InChI=1S/C11H7F6N3S/c1-19-9(21)20(8(18-19)11(15,16)17)7-4-2-3-6(5-7)10(12,13)14/h2-5H,1H3. The second kappa shape index (κ2) is 4.86. The summed E-state index contributed by atoms with van der Waals surface area (Å²) in [5.41, 5.74) is -1.42. The van der Waals surface area contributed by atoms with Crippen LogP contribution in [-0.4, -0.2) is 14.3 Å². The zero-order chi connectivity index (χ0) is 16.0. The Hall–Kier alpha value is -1.84. The minimum Gasteiger partial charge on any atom is -0.264 e. The van der Waals surface area contributed by atoms with Crippen LogP contribution in [0.25, 0.3) is 5.69 Å². The fraction of sp³-hybridized carbons (Fsp3) is 0.273. The molecule has 21 heavy (non-hydrogen) atoms. The first-order valence-electron chi connectivity index (χ1n) is 5.42. The van der Waals surface area contributed by atoms with E-state index in [1.54, 1.807) is 0 Å². The Balaban J connectivity index is 2.71. The molecule has 1 aromatic heterocycles. The minimum absolute atomic E-state index is 0.352. The van der Waals surface area contributed by atoms with E-state index in [0.29, 0.717) is 10.6 Å². The van der Waals surface area contributed by atoms with E-state index in [2.05, 4.69) is 5.10 Å². The zero-order valence-corrected chi connectivity index (χ0v) is 11.1. The predicted octanol–water partition coefficient (Wildman–Crippen LogP) is 3.98. The summed E-state index contributed by atoms with van der Waals surface area (Å²) in [4.78, 5) is 0. The Morgan fingerprint density at radius 2 is 1.67 bits per heavy atom. The monoisotopic (exact) mass is 327 g/mol. The molecular weight excluding hydrogens is 320 g/mol. The fourth-order valence-electron chi connectivity index (χ4n) is 1.70. The first-order chi connectivity index (χ1) is 9.51. The summed E-state index contributed by atoms with van der Waals surface area (Å²) < 4.78 is 77.5. The van der Waals surface area contributed by atoms with E-state index in [1.807, 2.05) is 0 Å². The zero-order valence-electron chi connectivity index (χ0n) is 10.3. The lowest BCUT2D eigenvalue weighted by Gasteiger charge is -2.12. The van der Waals surface area contributed by atoms with Gasteiger partial charge in [0, 0.05) is 7.05 Å². The van der Waals surface area contributed by atoms with Crippen LogP contribution in [0.1, 0.15) is 11.4 Å². The number of alkyl halides is 6. The molecule has 0 radical (unpaired) electrons. The minimum atomic E-state index is -4.84. The summed E-state index contributed by atoms with van der Waals surface area (Å²) in [5.74, 6) is -1.38. The summed E-state index contributed by atoms with van der Waals surface area (Å²) in [6.45, 7) is 0. The van der Waals surface area contributed by atoms with Gasteiger partial charge in [0.15, 0.2) is 0 Å². The van der Waals surface area contributed by atoms with Crippen molar-refractivity contribution in [2.45, 2.75) is 12.4 Å². The van der Waals surface area contributed by atoms with Gasteiger partial charge in [-0.15, -0.1) is 5.10 Å². The van der Waals surface area contributed by atoms with E-state index in [1.165, 1.54) is 7.05 Å². The van der Waals surface area contributed by atoms with Gasteiger partial charge in [0.25, 0.3) is 0 Å². The molecule has 10 heteroatoms. The number of rotatable bonds is 1. The summed E-state index contributed by atoms with van der Waals surface area (Å²) in [5, 5.41) is 3.22. The van der Waals surface area contributed by atoms with E-state index in [0.717, 1.165) is 22.9 Å². The van der Waals surface area contributed by atoms with Gasteiger partial charge < -0.3 is 0 Å². The van der Waals surface area contributed by atoms with Crippen molar-refractivity contribution in [1.29, 1.82) is 0 Å². The molecule has 0 saturated heterocycles. The van der Waals surface area contributed by atoms with Crippen molar-refractivity contribution >= 4 is 12.2 Å². The second-order valence-electron chi connectivity index (χ2n) is 4.11. The molecule has 0 fully saturated rings. The molecule has 0 atom stereocenters. The lowest BCUT2D eigenvalue weighted by molar-refractivity contribution is -0.146. The molecule has 1 aromatic carbocycles. The number of nitrogens with zero attached hydrogens (tertiary/aromatic N) is 3. The largest absolute Gasteiger partial charge is 0.452 e. The number of benzene rings is 1. The van der Waals surface area contributed by atoms with E-state index >= 15 is 0 Å². The summed E-state index contributed by atoms with van der Waals surface area (Å²) in [6, 6.07) is 3.46. The highest BCUT2D eigenvalue weighted by molar-refractivity contribution is 7.71. The molecule has 2 aromatic rings. The van der Waals surface area contributed by atoms with Gasteiger partial charge in [0.1, 0.15) is 0 Å². The molecule has 3 nitrogen and oxygen atoms in total. The van der Waals surface area contributed by atoms with E-state index in [-0.39, 0.29) is 10.5 Å². The summed E-state index contributed by atoms with van der Waals surface area (Å²) >= 11 is 4.78. The molecule has 0 spiro atoms. The fourth-order valence-corrected chi connectivity index (χ4v) is 1.94. The first-order valence-corrected chi connectivity index (χ1v) is 5.83. The highest BCUT2D eigenvalue weighted by Crippen LogP contribution is 2.33. The lowest BCUT2D eigenvalue weighted by atomic mass is 10.2. The van der Waals surface area contributed by atoms with Crippen LogP contribution in [0.5, 0.6) is 0 Å². The lowest BCUT2D eigenvalue weighted by Crippen LogP contribution is -2.14. The first kappa shape index (κ1) is 15.5. The average Bonchev–Trinajstić information content (AvgIpc) is 2.65. The van der Waals surface area contributed by atoms with Crippen molar-refractivity contribution in [2.24, 2.45) is 7.05 Å². The molecule has 2 rings (SSSR count). The van der Waals surface area contributed by atoms with Crippen molar-refractivity contribution in [3.05, 3.63) is 40.4 Å². The third-order valence-electron chi connectivity index (χ3n) is 2.61. The third kappa shape index (κ3) is 2.94. The maximum Gasteiger partial charge on any atom is 0.452 e. The Labute approximate surface area is 119 Å². The molecule has 1 heterocycles. The summed E-state index contributed by atoms with van der Waals surface area (Å²) in [7, 11) is 1.18. The highest BCUT2D eigenvalue weighted by atomic mass is 32.1. The maximum absolute atomic E-state index is 12.9. The molecule has 0 unspecified atom stereocenters. The second-order valence-corrected chi connectivity index (χ2v) is 4.48. The SMILES string of the molecule is Cn1nc(C(F)(F)F)n(-c2cccc(C(F)(F)F)c2)c1=S. The Morgan fingerprint density at radius 3 is 2.19 bits per heavy atom. The topological polar surface area (TPSA) is 22.8 Å². The van der Waals surface area contributed by atoms with Gasteiger partial charge in [0.05, 0.1) is 11.3 Å². The number of halogens is 6. The molecule has 0 aliphatic heterocycles. The maximum atomic E-state index is 12.9. The van der Waals surface area contributed by atoms with Crippen molar-refractivity contribution < 1.29 is 26.3 Å². The van der Waals surface area contributed by atoms with Crippen LogP contribution in [0.2, 0.25) is 0 Å². The van der Waals surface area contributed by atoms with E-state index in [4.69, 9.17) is 12.2 Å². The molecule has 0 saturated carbocycles. The van der Waals surface area contributed by atoms with Gasteiger partial charge in [-0.1, -0.05) is 6.07 Å². The molecule has 0 amide bonds. The molecule has 0 N–H and O–H groups in total. The van der Waals surface area contributed by atoms with E-state index < -0.39 is 23.7 Å². The predicted molar refractivity (Wildman–Crippen MR) is 63.4 cm³/mol. The molecule has 114 valence electrons. The van der Waals surface area contributed by atoms with Crippen molar-refractivity contribution in [3.8, 4) is 5.69 Å². The Kier molecular flexibility index (Phi) is 3.60. The van der Waals surface area contributed by atoms with E-state index in [9.17, 15) is 26.3 Å². The summed E-state index contributed by atoms with van der Waals surface area (Å²) in [6.07, 6.45) is -9.51. The van der Waals surface area contributed by atoms with Crippen LogP contribution in [-0.2, 0) is 19.4 Å². The third-order valence-corrected chi connectivity index (χ3v) is 3.06. The van der Waals surface area contributed by atoms with Gasteiger partial charge >= 0.3 is 12.4 Å². The van der Waals surface area contributed by atoms with Crippen LogP contribution in [0, 0.1) is 4.77 Å². The average molecular weight is 327 g/mol. The number of hydrogen-bond acceptors (Lipinski definition) is 2. The number of hydrogen-bond donors (Lipinski definition) is 0. The van der Waals surface area contributed by atoms with Gasteiger partial charge in [-0.05, 0) is 30.4 Å². The van der Waals surface area contributed by atoms with Crippen LogP contribution in [0.15, 0.2) is 24.3 Å². The van der Waals surface area contributed by atoms with Crippen LogP contribution in [0.3, 0.4) is 0 Å². The molecule has 0 bridgehead atoms. The van der Waals surface area contributed by atoms with Gasteiger partial charge in [0.2, 0.25) is 10.6 Å². The van der Waals surface area contributed by atoms with Crippen molar-refractivity contribution in [1.82, 2.24) is 14.3 Å². The van der Waals surface area contributed by atoms with Crippen molar-refractivity contribution in [3.63, 3.8) is 0 Å². The quantitative estimate of drug-likeness (QED) is 0.584. The van der Waals surface area contributed by atoms with Gasteiger partial charge in [-0.25, -0.2) is 4.68 Å². The van der Waals surface area contributed by atoms with Crippen LogP contribution < -0.4 is 0 Å². The number of aryl methyl sites for hydroxylation is 1. The van der Waals surface area contributed by atoms with Crippen LogP contribution in [0.4, 0.5) is 26.3 Å². The molecule has 0 aliphatic rings. The Bertz CT molecular complexity index is 725. The van der Waals surface area contributed by atoms with Crippen LogP contribution >= 0.6 is 12.2 Å². The number of aromatic nitrogens is 3.